The van der Waals surface area contributed by atoms with Gasteiger partial charge in [0.1, 0.15) is 12.4 Å². The molecule has 1 aromatic carbocycles. The number of methoxy groups -OCH3 is 1. The van der Waals surface area contributed by atoms with Gasteiger partial charge in [0, 0.05) is 5.56 Å². The summed E-state index contributed by atoms with van der Waals surface area (Å²) >= 11 is 0. The summed E-state index contributed by atoms with van der Waals surface area (Å²) in [6.45, 7) is 0.360. The molecule has 1 fully saturated rings. The van der Waals surface area contributed by atoms with Crippen LogP contribution in [0.4, 0.5) is 4.79 Å². The molecule has 1 saturated heterocycles. The maximum absolute atomic E-state index is 10.9. The monoisotopic (exact) mass is 193 g/mol. The van der Waals surface area contributed by atoms with Crippen molar-refractivity contribution >= 4 is 6.09 Å². The second-order valence-electron chi connectivity index (χ2n) is 3.04. The summed E-state index contributed by atoms with van der Waals surface area (Å²) in [7, 11) is 1.61. The smallest absolute Gasteiger partial charge is 0.407 e. The third-order valence-corrected chi connectivity index (χ3v) is 2.19. The zero-order valence-electron chi connectivity index (χ0n) is 7.82. The van der Waals surface area contributed by atoms with E-state index in [4.69, 9.17) is 9.47 Å². The van der Waals surface area contributed by atoms with Crippen LogP contribution in [0, 0.1) is 0 Å². The van der Waals surface area contributed by atoms with E-state index in [-0.39, 0.29) is 12.1 Å². The molecule has 4 heteroatoms. The van der Waals surface area contributed by atoms with Gasteiger partial charge in [-0.25, -0.2) is 4.79 Å². The number of carbonyl (C=O) groups excluding carboxylic acids is 1. The first-order valence-corrected chi connectivity index (χ1v) is 4.37. The van der Waals surface area contributed by atoms with Gasteiger partial charge in [-0.2, -0.15) is 0 Å². The molecule has 0 unspecified atom stereocenters. The van der Waals surface area contributed by atoms with Gasteiger partial charge in [0.25, 0.3) is 0 Å². The molecule has 0 aliphatic carbocycles. The van der Waals surface area contributed by atoms with Crippen LogP contribution in [0.25, 0.3) is 0 Å². The van der Waals surface area contributed by atoms with Gasteiger partial charge in [-0.3, -0.25) is 0 Å². The molecule has 1 aliphatic heterocycles. The molecular formula is C10H11NO3. The standard InChI is InChI=1S/C10H11NO3/c1-13-9-5-3-2-4-7(9)8-6-14-10(12)11-8/h2-5,8H,6H2,1H3,(H,11,12)/t8-/m1/s1. The number of hydrogen-bond donors (Lipinski definition) is 1. The highest BCUT2D eigenvalue weighted by Gasteiger charge is 2.25. The number of cyclic esters (lactones) is 1. The quantitative estimate of drug-likeness (QED) is 0.773. The van der Waals surface area contributed by atoms with Crippen LogP contribution in [0.5, 0.6) is 5.75 Å². The molecule has 1 aromatic rings. The SMILES string of the molecule is COc1ccccc1[C@H]1COC(=O)N1. The summed E-state index contributed by atoms with van der Waals surface area (Å²) in [5.41, 5.74) is 0.945. The van der Waals surface area contributed by atoms with Crippen molar-refractivity contribution < 1.29 is 14.3 Å². The summed E-state index contributed by atoms with van der Waals surface area (Å²) in [4.78, 5) is 10.9. The molecule has 0 bridgehead atoms. The number of carbonyl (C=O) groups is 1. The number of benzene rings is 1. The maximum atomic E-state index is 10.9. The van der Waals surface area contributed by atoms with Crippen molar-refractivity contribution in [2.75, 3.05) is 13.7 Å². The third-order valence-electron chi connectivity index (χ3n) is 2.19. The highest BCUT2D eigenvalue weighted by molar-refractivity contribution is 5.70. The fraction of sp³-hybridized carbons (Fsp3) is 0.300. The third kappa shape index (κ3) is 1.51. The first-order valence-electron chi connectivity index (χ1n) is 4.37. The second-order valence-corrected chi connectivity index (χ2v) is 3.04. The van der Waals surface area contributed by atoms with Crippen LogP contribution in [0.2, 0.25) is 0 Å². The van der Waals surface area contributed by atoms with Crippen molar-refractivity contribution in [1.29, 1.82) is 0 Å². The van der Waals surface area contributed by atoms with Gasteiger partial charge in [0.05, 0.1) is 13.2 Å². The summed E-state index contributed by atoms with van der Waals surface area (Å²) in [5, 5.41) is 2.70. The maximum Gasteiger partial charge on any atom is 0.407 e. The molecule has 4 nitrogen and oxygen atoms in total. The minimum Gasteiger partial charge on any atom is -0.496 e. The Morgan fingerprint density at radius 2 is 2.29 bits per heavy atom. The van der Waals surface area contributed by atoms with Gasteiger partial charge in [-0.05, 0) is 6.07 Å². The van der Waals surface area contributed by atoms with Crippen LogP contribution in [0.3, 0.4) is 0 Å². The van der Waals surface area contributed by atoms with Crippen molar-refractivity contribution in [3.63, 3.8) is 0 Å². The van der Waals surface area contributed by atoms with E-state index in [1.165, 1.54) is 0 Å². The predicted molar refractivity (Wildman–Crippen MR) is 50.2 cm³/mol. The number of alkyl carbamates (subject to hydrolysis) is 1. The average molecular weight is 193 g/mol. The molecule has 1 N–H and O–H groups in total. The van der Waals surface area contributed by atoms with Crippen LogP contribution >= 0.6 is 0 Å². The largest absolute Gasteiger partial charge is 0.496 e. The number of rotatable bonds is 2. The van der Waals surface area contributed by atoms with Crippen molar-refractivity contribution in [3.05, 3.63) is 29.8 Å². The van der Waals surface area contributed by atoms with Crippen LogP contribution in [-0.4, -0.2) is 19.8 Å². The van der Waals surface area contributed by atoms with Crippen molar-refractivity contribution in [2.45, 2.75) is 6.04 Å². The van der Waals surface area contributed by atoms with E-state index in [1.54, 1.807) is 7.11 Å². The molecule has 0 radical (unpaired) electrons. The molecule has 0 aromatic heterocycles. The molecular weight excluding hydrogens is 182 g/mol. The van der Waals surface area contributed by atoms with E-state index >= 15 is 0 Å². The Labute approximate surface area is 81.8 Å². The summed E-state index contributed by atoms with van der Waals surface area (Å²) < 4.78 is 10.00. The fourth-order valence-corrected chi connectivity index (χ4v) is 1.51. The average Bonchev–Trinajstić information content (AvgIpc) is 2.65. The minimum atomic E-state index is -0.374. The van der Waals surface area contributed by atoms with E-state index in [0.29, 0.717) is 6.61 Å². The number of hydrogen-bond acceptors (Lipinski definition) is 3. The van der Waals surface area contributed by atoms with E-state index in [2.05, 4.69) is 5.32 Å². The Morgan fingerprint density at radius 3 is 2.93 bits per heavy atom. The lowest BCUT2D eigenvalue weighted by Crippen LogP contribution is -2.18. The lowest BCUT2D eigenvalue weighted by atomic mass is 10.1. The second kappa shape index (κ2) is 3.57. The van der Waals surface area contributed by atoms with Gasteiger partial charge in [-0.15, -0.1) is 0 Å². The van der Waals surface area contributed by atoms with Crippen LogP contribution in [-0.2, 0) is 4.74 Å². The van der Waals surface area contributed by atoms with Crippen molar-refractivity contribution in [1.82, 2.24) is 5.32 Å². The first kappa shape index (κ1) is 8.87. The first-order chi connectivity index (χ1) is 6.81. The van der Waals surface area contributed by atoms with Crippen molar-refractivity contribution in [3.8, 4) is 5.75 Å². The van der Waals surface area contributed by atoms with Gasteiger partial charge < -0.3 is 14.8 Å². The predicted octanol–water partition coefficient (Wildman–Crippen LogP) is 1.48. The summed E-state index contributed by atoms with van der Waals surface area (Å²) in [5.74, 6) is 0.767. The molecule has 1 heterocycles. The highest BCUT2D eigenvalue weighted by Crippen LogP contribution is 2.26. The van der Waals surface area contributed by atoms with Crippen LogP contribution in [0.1, 0.15) is 11.6 Å². The normalized spacial score (nSPS) is 20.1. The van der Waals surface area contributed by atoms with Crippen molar-refractivity contribution in [2.24, 2.45) is 0 Å². The lowest BCUT2D eigenvalue weighted by molar-refractivity contribution is 0.177. The molecule has 0 saturated carbocycles. The van der Waals surface area contributed by atoms with Gasteiger partial charge in [0.2, 0.25) is 0 Å². The molecule has 1 atom stereocenters. The molecule has 1 amide bonds. The number of nitrogens with one attached hydrogen (secondary N) is 1. The number of amides is 1. The van der Waals surface area contributed by atoms with E-state index in [0.717, 1.165) is 11.3 Å². The zero-order valence-corrected chi connectivity index (χ0v) is 7.82. The summed E-state index contributed by atoms with van der Waals surface area (Å²) in [6.07, 6.45) is -0.374. The van der Waals surface area contributed by atoms with Gasteiger partial charge in [0.15, 0.2) is 0 Å². The fourth-order valence-electron chi connectivity index (χ4n) is 1.51. The lowest BCUT2D eigenvalue weighted by Gasteiger charge is -2.11. The van der Waals surface area contributed by atoms with Crippen LogP contribution < -0.4 is 10.1 Å². The minimum absolute atomic E-state index is 0.0985. The molecule has 0 spiro atoms. The Morgan fingerprint density at radius 1 is 1.50 bits per heavy atom. The topological polar surface area (TPSA) is 47.6 Å². The summed E-state index contributed by atoms with van der Waals surface area (Å²) in [6, 6.07) is 7.47. The Kier molecular flexibility index (Phi) is 2.26. The molecule has 74 valence electrons. The zero-order chi connectivity index (χ0) is 9.97. The Balaban J connectivity index is 2.27. The number of para-hydroxylation sites is 1. The Bertz CT molecular complexity index is 351. The van der Waals surface area contributed by atoms with Gasteiger partial charge >= 0.3 is 6.09 Å². The molecule has 1 aliphatic rings. The highest BCUT2D eigenvalue weighted by atomic mass is 16.6. The van der Waals surface area contributed by atoms with E-state index < -0.39 is 0 Å². The molecule has 2 rings (SSSR count). The van der Waals surface area contributed by atoms with Crippen LogP contribution in [0.15, 0.2) is 24.3 Å². The van der Waals surface area contributed by atoms with E-state index in [1.807, 2.05) is 24.3 Å². The van der Waals surface area contributed by atoms with Gasteiger partial charge in [-0.1, -0.05) is 18.2 Å². The number of ether oxygens (including phenoxy) is 2. The molecule has 14 heavy (non-hydrogen) atoms. The van der Waals surface area contributed by atoms with E-state index in [9.17, 15) is 4.79 Å². The Hall–Kier alpha value is -1.71.